The van der Waals surface area contributed by atoms with Gasteiger partial charge in [-0.3, -0.25) is 9.69 Å². The molecule has 1 aliphatic rings. The van der Waals surface area contributed by atoms with Gasteiger partial charge in [-0.15, -0.1) is 5.10 Å². The van der Waals surface area contributed by atoms with Gasteiger partial charge in [-0.1, -0.05) is 42.5 Å². The van der Waals surface area contributed by atoms with Crippen molar-refractivity contribution in [2.24, 2.45) is 0 Å². The van der Waals surface area contributed by atoms with Crippen molar-refractivity contribution in [3.8, 4) is 5.75 Å². The van der Waals surface area contributed by atoms with Crippen molar-refractivity contribution in [3.63, 3.8) is 0 Å². The molecule has 9 nitrogen and oxygen atoms in total. The molecular weight excluding hydrogens is 444 g/mol. The van der Waals surface area contributed by atoms with Crippen molar-refractivity contribution >= 4 is 5.91 Å². The number of ether oxygens (including phenoxy) is 1. The molecule has 0 bridgehead atoms. The molecule has 1 fully saturated rings. The minimum atomic E-state index is -0.146. The van der Waals surface area contributed by atoms with Crippen LogP contribution in [0.15, 0.2) is 77.4 Å². The van der Waals surface area contributed by atoms with Crippen LogP contribution in [-0.2, 0) is 13.0 Å². The largest absolute Gasteiger partial charge is 0.497 e. The highest BCUT2D eigenvalue weighted by atomic mass is 16.5. The number of carbonyl (C=O) groups excluding carboxylic acids is 1. The summed E-state index contributed by atoms with van der Waals surface area (Å²) in [4.78, 5) is 16.9. The molecular formula is C26H28N6O3. The molecule has 0 saturated carbocycles. The Balaban J connectivity index is 1.37. The Morgan fingerprint density at radius 2 is 1.77 bits per heavy atom. The van der Waals surface area contributed by atoms with E-state index in [0.29, 0.717) is 38.5 Å². The first-order valence-corrected chi connectivity index (χ1v) is 11.7. The third-order valence-electron chi connectivity index (χ3n) is 6.39. The normalized spacial score (nSPS) is 15.2. The number of amides is 1. The number of nitrogens with zero attached hydrogens (tertiary/aromatic N) is 6. The standard InChI is InChI=1S/C26H28N6O3/c1-34-22-11-9-21(10-12-22)24(25-27-28-29-32(25)14-13-20-6-3-2-4-7-20)30-15-17-31(18-16-30)26(33)23-8-5-19-35-23/h2-12,19,24H,13-18H2,1H3/t24-/m0/s1. The SMILES string of the molecule is COc1ccc([C@@H](c2nnnn2CCc2ccccc2)N2CCN(C(=O)c3ccco3)CC2)cc1. The minimum absolute atomic E-state index is 0.0802. The van der Waals surface area contributed by atoms with Gasteiger partial charge in [-0.2, -0.15) is 0 Å². The summed E-state index contributed by atoms with van der Waals surface area (Å²) in [7, 11) is 1.66. The summed E-state index contributed by atoms with van der Waals surface area (Å²) in [5.74, 6) is 1.88. The van der Waals surface area contributed by atoms with Crippen molar-refractivity contribution in [1.82, 2.24) is 30.0 Å². The Hall–Kier alpha value is -3.98. The summed E-state index contributed by atoms with van der Waals surface area (Å²) in [6, 6.07) is 21.6. The zero-order valence-electron chi connectivity index (χ0n) is 19.7. The molecule has 0 unspecified atom stereocenters. The average molecular weight is 473 g/mol. The zero-order chi connectivity index (χ0) is 24.0. The fourth-order valence-corrected chi connectivity index (χ4v) is 4.50. The molecule has 0 aliphatic carbocycles. The third-order valence-corrected chi connectivity index (χ3v) is 6.39. The van der Waals surface area contributed by atoms with Gasteiger partial charge in [0.25, 0.3) is 5.91 Å². The molecule has 1 atom stereocenters. The van der Waals surface area contributed by atoms with Crippen LogP contribution in [0, 0.1) is 0 Å². The maximum atomic E-state index is 12.7. The number of carbonyl (C=O) groups is 1. The van der Waals surface area contributed by atoms with E-state index in [2.05, 4.69) is 44.7 Å². The lowest BCUT2D eigenvalue weighted by Crippen LogP contribution is -2.50. The van der Waals surface area contributed by atoms with Gasteiger partial charge in [0.15, 0.2) is 11.6 Å². The van der Waals surface area contributed by atoms with E-state index in [1.807, 2.05) is 39.9 Å². The Labute approximate surface area is 203 Å². The van der Waals surface area contributed by atoms with Crippen LogP contribution in [0.4, 0.5) is 0 Å². The molecule has 1 amide bonds. The van der Waals surface area contributed by atoms with E-state index in [0.717, 1.165) is 23.6 Å². The van der Waals surface area contributed by atoms with Crippen LogP contribution in [0.25, 0.3) is 0 Å². The van der Waals surface area contributed by atoms with Gasteiger partial charge in [0.05, 0.1) is 19.4 Å². The van der Waals surface area contributed by atoms with Gasteiger partial charge >= 0.3 is 0 Å². The van der Waals surface area contributed by atoms with Crippen molar-refractivity contribution < 1.29 is 13.9 Å². The summed E-state index contributed by atoms with van der Waals surface area (Å²) >= 11 is 0. The molecule has 180 valence electrons. The maximum Gasteiger partial charge on any atom is 0.289 e. The first-order chi connectivity index (χ1) is 17.2. The van der Waals surface area contributed by atoms with E-state index in [9.17, 15) is 4.79 Å². The van der Waals surface area contributed by atoms with Crippen LogP contribution in [-0.4, -0.2) is 69.2 Å². The Bertz CT molecular complexity index is 1220. The number of furan rings is 1. The molecule has 0 N–H and O–H groups in total. The monoisotopic (exact) mass is 472 g/mol. The van der Waals surface area contributed by atoms with Gasteiger partial charge in [-0.25, -0.2) is 4.68 Å². The smallest absolute Gasteiger partial charge is 0.289 e. The molecule has 1 aliphatic heterocycles. The predicted octanol–water partition coefficient (Wildman–Crippen LogP) is 3.06. The molecule has 0 radical (unpaired) electrons. The Morgan fingerprint density at radius 3 is 2.46 bits per heavy atom. The second-order valence-corrected chi connectivity index (χ2v) is 8.48. The average Bonchev–Trinajstić information content (AvgIpc) is 3.62. The van der Waals surface area contributed by atoms with Gasteiger partial charge in [0.1, 0.15) is 5.75 Å². The fourth-order valence-electron chi connectivity index (χ4n) is 4.50. The maximum absolute atomic E-state index is 12.7. The van der Waals surface area contributed by atoms with Crippen LogP contribution in [0.2, 0.25) is 0 Å². The zero-order valence-corrected chi connectivity index (χ0v) is 19.7. The van der Waals surface area contributed by atoms with Crippen LogP contribution >= 0.6 is 0 Å². The van der Waals surface area contributed by atoms with Crippen molar-refractivity contribution in [1.29, 1.82) is 0 Å². The molecule has 5 rings (SSSR count). The Morgan fingerprint density at radius 1 is 1.00 bits per heavy atom. The molecule has 0 spiro atoms. The first-order valence-electron chi connectivity index (χ1n) is 11.7. The van der Waals surface area contributed by atoms with E-state index < -0.39 is 0 Å². The van der Waals surface area contributed by atoms with Crippen molar-refractivity contribution in [3.05, 3.63) is 95.7 Å². The number of methoxy groups -OCH3 is 1. The van der Waals surface area contributed by atoms with Crippen LogP contribution in [0.5, 0.6) is 5.75 Å². The molecule has 3 heterocycles. The lowest BCUT2D eigenvalue weighted by molar-refractivity contribution is 0.0559. The molecule has 2 aromatic carbocycles. The van der Waals surface area contributed by atoms with E-state index >= 15 is 0 Å². The van der Waals surface area contributed by atoms with Crippen LogP contribution < -0.4 is 4.74 Å². The number of benzene rings is 2. The highest BCUT2D eigenvalue weighted by Crippen LogP contribution is 2.30. The van der Waals surface area contributed by atoms with Crippen LogP contribution in [0.1, 0.15) is 33.5 Å². The number of hydrogen-bond donors (Lipinski definition) is 0. The fraction of sp³-hybridized carbons (Fsp3) is 0.308. The second kappa shape index (κ2) is 10.5. The lowest BCUT2D eigenvalue weighted by atomic mass is 10.0. The quantitative estimate of drug-likeness (QED) is 0.389. The molecule has 9 heteroatoms. The van der Waals surface area contributed by atoms with Crippen molar-refractivity contribution in [2.45, 2.75) is 19.0 Å². The van der Waals surface area contributed by atoms with Crippen molar-refractivity contribution in [2.75, 3.05) is 33.3 Å². The number of aromatic nitrogens is 4. The van der Waals surface area contributed by atoms with E-state index in [1.165, 1.54) is 11.8 Å². The third kappa shape index (κ3) is 5.09. The number of rotatable bonds is 8. The predicted molar refractivity (Wildman–Crippen MR) is 129 cm³/mol. The lowest BCUT2D eigenvalue weighted by Gasteiger charge is -2.38. The Kier molecular flexibility index (Phi) is 6.85. The van der Waals surface area contributed by atoms with Gasteiger partial charge in [-0.05, 0) is 52.2 Å². The number of aryl methyl sites for hydroxylation is 2. The summed E-state index contributed by atoms with van der Waals surface area (Å²) < 4.78 is 12.6. The van der Waals surface area contributed by atoms with Gasteiger partial charge in [0, 0.05) is 32.7 Å². The summed E-state index contributed by atoms with van der Waals surface area (Å²) in [6.45, 7) is 3.24. The molecule has 4 aromatic rings. The van der Waals surface area contributed by atoms with E-state index in [1.54, 1.807) is 19.2 Å². The molecule has 35 heavy (non-hydrogen) atoms. The highest BCUT2D eigenvalue weighted by Gasteiger charge is 2.32. The highest BCUT2D eigenvalue weighted by molar-refractivity contribution is 5.91. The minimum Gasteiger partial charge on any atom is -0.497 e. The number of piperazine rings is 1. The van der Waals surface area contributed by atoms with Gasteiger partial charge < -0.3 is 14.1 Å². The molecule has 2 aromatic heterocycles. The molecule has 1 saturated heterocycles. The van der Waals surface area contributed by atoms with E-state index in [4.69, 9.17) is 9.15 Å². The summed E-state index contributed by atoms with van der Waals surface area (Å²) in [5, 5.41) is 12.8. The van der Waals surface area contributed by atoms with E-state index in [-0.39, 0.29) is 11.9 Å². The first kappa shape index (κ1) is 22.8. The summed E-state index contributed by atoms with van der Waals surface area (Å²) in [5.41, 5.74) is 2.31. The number of tetrazole rings is 1. The topological polar surface area (TPSA) is 89.5 Å². The second-order valence-electron chi connectivity index (χ2n) is 8.48. The number of hydrogen-bond acceptors (Lipinski definition) is 7. The van der Waals surface area contributed by atoms with Crippen LogP contribution in [0.3, 0.4) is 0 Å². The van der Waals surface area contributed by atoms with Gasteiger partial charge in [0.2, 0.25) is 0 Å². The summed E-state index contributed by atoms with van der Waals surface area (Å²) in [6.07, 6.45) is 2.36.